The fraction of sp³-hybridized carbons (Fsp3) is 0.188. The Bertz CT molecular complexity index is 534. The molecule has 3 heteroatoms. The monoisotopic (exact) mass is 270 g/mol. The first-order chi connectivity index (χ1) is 9.20. The number of nitrogens with zero attached hydrogens (tertiary/aromatic N) is 1. The zero-order valence-electron chi connectivity index (χ0n) is 11.3. The third kappa shape index (κ3) is 3.55. The molecule has 2 aromatic carbocycles. The Morgan fingerprint density at radius 3 is 2.26 bits per heavy atom. The molecule has 98 valence electrons. The Labute approximate surface area is 120 Å². The number of anilines is 2. The molecule has 0 unspecified atom stereocenters. The summed E-state index contributed by atoms with van der Waals surface area (Å²) in [5.41, 5.74) is 3.37. The average molecular weight is 270 g/mol. The van der Waals surface area contributed by atoms with Gasteiger partial charge in [0, 0.05) is 17.9 Å². The molecule has 0 spiro atoms. The van der Waals surface area contributed by atoms with Gasteiger partial charge >= 0.3 is 0 Å². The SMILES string of the molecule is CCN(C(=S)Nc1ccc(C)cc1)c1ccccc1. The van der Waals surface area contributed by atoms with E-state index in [2.05, 4.69) is 48.3 Å². The predicted molar refractivity (Wildman–Crippen MR) is 86.9 cm³/mol. The molecule has 0 saturated carbocycles. The Morgan fingerprint density at radius 1 is 1.05 bits per heavy atom. The van der Waals surface area contributed by atoms with Crippen molar-refractivity contribution in [1.82, 2.24) is 0 Å². The average Bonchev–Trinajstić information content (AvgIpc) is 2.43. The maximum Gasteiger partial charge on any atom is 0.177 e. The number of benzene rings is 2. The second kappa shape index (κ2) is 6.34. The summed E-state index contributed by atoms with van der Waals surface area (Å²) in [6, 6.07) is 18.4. The molecule has 0 heterocycles. The number of hydrogen-bond donors (Lipinski definition) is 1. The van der Waals surface area contributed by atoms with Crippen molar-refractivity contribution in [3.8, 4) is 0 Å². The fourth-order valence-corrected chi connectivity index (χ4v) is 2.23. The first-order valence-electron chi connectivity index (χ1n) is 6.41. The van der Waals surface area contributed by atoms with E-state index >= 15 is 0 Å². The second-order valence-electron chi connectivity index (χ2n) is 4.38. The lowest BCUT2D eigenvalue weighted by molar-refractivity contribution is 1.07. The molecule has 19 heavy (non-hydrogen) atoms. The molecular weight excluding hydrogens is 252 g/mol. The summed E-state index contributed by atoms with van der Waals surface area (Å²) in [5, 5.41) is 4.00. The van der Waals surface area contributed by atoms with Gasteiger partial charge in [-0.2, -0.15) is 0 Å². The van der Waals surface area contributed by atoms with E-state index in [1.54, 1.807) is 0 Å². The number of thiocarbonyl (C=S) groups is 1. The van der Waals surface area contributed by atoms with Gasteiger partial charge in [0.15, 0.2) is 5.11 Å². The van der Waals surface area contributed by atoms with Crippen molar-refractivity contribution in [2.45, 2.75) is 13.8 Å². The standard InChI is InChI=1S/C16H18N2S/c1-3-18(15-7-5-4-6-8-15)16(19)17-14-11-9-13(2)10-12-14/h4-12H,3H2,1-2H3,(H,17,19). The molecule has 2 rings (SSSR count). The zero-order chi connectivity index (χ0) is 13.7. The first-order valence-corrected chi connectivity index (χ1v) is 6.81. The molecule has 0 aliphatic rings. The van der Waals surface area contributed by atoms with Gasteiger partial charge in [-0.3, -0.25) is 0 Å². The largest absolute Gasteiger partial charge is 0.332 e. The van der Waals surface area contributed by atoms with Gasteiger partial charge in [0.1, 0.15) is 0 Å². The summed E-state index contributed by atoms with van der Waals surface area (Å²) < 4.78 is 0. The lowest BCUT2D eigenvalue weighted by atomic mass is 10.2. The van der Waals surface area contributed by atoms with Gasteiger partial charge in [-0.05, 0) is 50.3 Å². The summed E-state index contributed by atoms with van der Waals surface area (Å²) in [5.74, 6) is 0. The van der Waals surface area contributed by atoms with Crippen molar-refractivity contribution in [3.05, 3.63) is 60.2 Å². The molecule has 0 radical (unpaired) electrons. The fourth-order valence-electron chi connectivity index (χ4n) is 1.88. The van der Waals surface area contributed by atoms with Crippen molar-refractivity contribution in [2.75, 3.05) is 16.8 Å². The van der Waals surface area contributed by atoms with Crippen molar-refractivity contribution in [1.29, 1.82) is 0 Å². The molecule has 2 aromatic rings. The molecule has 0 atom stereocenters. The van der Waals surface area contributed by atoms with Crippen LogP contribution >= 0.6 is 12.2 Å². The third-order valence-corrected chi connectivity index (χ3v) is 3.25. The Balaban J connectivity index is 2.11. The minimum absolute atomic E-state index is 0.720. The van der Waals surface area contributed by atoms with E-state index in [-0.39, 0.29) is 0 Å². The van der Waals surface area contributed by atoms with Crippen LogP contribution in [0, 0.1) is 6.92 Å². The number of para-hydroxylation sites is 1. The number of rotatable bonds is 3. The highest BCUT2D eigenvalue weighted by Gasteiger charge is 2.09. The van der Waals surface area contributed by atoms with E-state index in [9.17, 15) is 0 Å². The normalized spacial score (nSPS) is 10.0. The molecule has 0 aromatic heterocycles. The van der Waals surface area contributed by atoms with E-state index < -0.39 is 0 Å². The summed E-state index contributed by atoms with van der Waals surface area (Å²) in [6.45, 7) is 5.00. The van der Waals surface area contributed by atoms with Crippen LogP contribution in [0.3, 0.4) is 0 Å². The Hall–Kier alpha value is -1.87. The van der Waals surface area contributed by atoms with Crippen LogP contribution in [-0.2, 0) is 0 Å². The summed E-state index contributed by atoms with van der Waals surface area (Å²) in [7, 11) is 0. The molecule has 0 aliphatic carbocycles. The van der Waals surface area contributed by atoms with Gasteiger partial charge in [-0.25, -0.2) is 0 Å². The number of nitrogens with one attached hydrogen (secondary N) is 1. The van der Waals surface area contributed by atoms with Gasteiger partial charge in [0.2, 0.25) is 0 Å². The van der Waals surface area contributed by atoms with Crippen LogP contribution in [0.4, 0.5) is 11.4 Å². The molecule has 0 aliphatic heterocycles. The van der Waals surface area contributed by atoms with E-state index in [1.165, 1.54) is 5.56 Å². The highest BCUT2D eigenvalue weighted by Crippen LogP contribution is 2.16. The van der Waals surface area contributed by atoms with Crippen LogP contribution in [0.25, 0.3) is 0 Å². The van der Waals surface area contributed by atoms with Crippen LogP contribution in [0.5, 0.6) is 0 Å². The zero-order valence-corrected chi connectivity index (χ0v) is 12.1. The predicted octanol–water partition coefficient (Wildman–Crippen LogP) is 4.22. The second-order valence-corrected chi connectivity index (χ2v) is 4.76. The van der Waals surface area contributed by atoms with Crippen LogP contribution in [-0.4, -0.2) is 11.7 Å². The highest BCUT2D eigenvalue weighted by atomic mass is 32.1. The number of aryl methyl sites for hydroxylation is 1. The van der Waals surface area contributed by atoms with Crippen LogP contribution in [0.2, 0.25) is 0 Å². The van der Waals surface area contributed by atoms with E-state index in [0.717, 1.165) is 23.0 Å². The minimum Gasteiger partial charge on any atom is -0.332 e. The molecule has 2 nitrogen and oxygen atoms in total. The maximum atomic E-state index is 5.49. The van der Waals surface area contributed by atoms with E-state index in [0.29, 0.717) is 0 Å². The molecular formula is C16H18N2S. The van der Waals surface area contributed by atoms with Gasteiger partial charge in [0.05, 0.1) is 0 Å². The molecule has 0 amide bonds. The van der Waals surface area contributed by atoms with E-state index in [4.69, 9.17) is 12.2 Å². The van der Waals surface area contributed by atoms with Crippen molar-refractivity contribution < 1.29 is 0 Å². The van der Waals surface area contributed by atoms with Crippen molar-refractivity contribution in [2.24, 2.45) is 0 Å². The van der Waals surface area contributed by atoms with Crippen LogP contribution in [0.1, 0.15) is 12.5 Å². The van der Waals surface area contributed by atoms with E-state index in [1.807, 2.05) is 30.3 Å². The molecule has 0 saturated heterocycles. The third-order valence-electron chi connectivity index (χ3n) is 2.93. The van der Waals surface area contributed by atoms with Gasteiger partial charge in [-0.15, -0.1) is 0 Å². The summed E-state index contributed by atoms with van der Waals surface area (Å²) >= 11 is 5.49. The quantitative estimate of drug-likeness (QED) is 0.841. The van der Waals surface area contributed by atoms with Crippen molar-refractivity contribution >= 4 is 28.7 Å². The Morgan fingerprint density at radius 2 is 1.68 bits per heavy atom. The van der Waals surface area contributed by atoms with Crippen LogP contribution < -0.4 is 10.2 Å². The smallest absolute Gasteiger partial charge is 0.177 e. The minimum atomic E-state index is 0.720. The summed E-state index contributed by atoms with van der Waals surface area (Å²) in [6.07, 6.45) is 0. The topological polar surface area (TPSA) is 15.3 Å². The first kappa shape index (κ1) is 13.6. The lowest BCUT2D eigenvalue weighted by Gasteiger charge is -2.24. The highest BCUT2D eigenvalue weighted by molar-refractivity contribution is 7.80. The molecule has 0 bridgehead atoms. The van der Waals surface area contributed by atoms with Crippen molar-refractivity contribution in [3.63, 3.8) is 0 Å². The van der Waals surface area contributed by atoms with Gasteiger partial charge < -0.3 is 10.2 Å². The Kier molecular flexibility index (Phi) is 4.53. The van der Waals surface area contributed by atoms with Gasteiger partial charge in [-0.1, -0.05) is 35.9 Å². The summed E-state index contributed by atoms with van der Waals surface area (Å²) in [4.78, 5) is 2.08. The maximum absolute atomic E-state index is 5.49. The lowest BCUT2D eigenvalue weighted by Crippen LogP contribution is -2.34. The van der Waals surface area contributed by atoms with Gasteiger partial charge in [0.25, 0.3) is 0 Å². The molecule has 0 fully saturated rings. The number of hydrogen-bond acceptors (Lipinski definition) is 1. The molecule has 1 N–H and O–H groups in total. The van der Waals surface area contributed by atoms with Crippen LogP contribution in [0.15, 0.2) is 54.6 Å².